The van der Waals surface area contributed by atoms with E-state index < -0.39 is 23.9 Å². The lowest BCUT2D eigenvalue weighted by molar-refractivity contribution is -0.122. The zero-order valence-electron chi connectivity index (χ0n) is 16.5. The van der Waals surface area contributed by atoms with Crippen LogP contribution in [-0.4, -0.2) is 38.2 Å². The number of esters is 2. The molecule has 0 spiro atoms. The summed E-state index contributed by atoms with van der Waals surface area (Å²) in [4.78, 5) is 36.3. The third kappa shape index (κ3) is 4.88. The van der Waals surface area contributed by atoms with E-state index in [2.05, 4.69) is 10.1 Å². The molecule has 7 nitrogen and oxygen atoms in total. The van der Waals surface area contributed by atoms with Crippen molar-refractivity contribution in [3.8, 4) is 5.75 Å². The van der Waals surface area contributed by atoms with Crippen LogP contribution in [0, 0.1) is 13.8 Å². The van der Waals surface area contributed by atoms with Crippen LogP contribution in [0.1, 0.15) is 38.8 Å². The molecule has 0 fully saturated rings. The topological polar surface area (TPSA) is 90.9 Å². The van der Waals surface area contributed by atoms with Crippen LogP contribution < -0.4 is 10.1 Å². The lowest BCUT2D eigenvalue weighted by Crippen LogP contribution is -2.31. The normalized spacial score (nSPS) is 11.3. The SMILES string of the molecule is COC(=O)c1ccc(C(=O)OC)c(NC(=O)[C@@H](C)Oc2ccc(C)c(C)c2)c1. The van der Waals surface area contributed by atoms with Crippen molar-refractivity contribution in [1.29, 1.82) is 0 Å². The molecule has 0 heterocycles. The minimum atomic E-state index is -0.839. The fraction of sp³-hybridized carbons (Fsp3) is 0.286. The van der Waals surface area contributed by atoms with Gasteiger partial charge in [0.1, 0.15) is 5.75 Å². The molecule has 0 aliphatic heterocycles. The maximum absolute atomic E-state index is 12.6. The number of amides is 1. The molecule has 2 rings (SSSR count). The first-order valence-corrected chi connectivity index (χ1v) is 8.62. The van der Waals surface area contributed by atoms with Crippen molar-refractivity contribution in [2.75, 3.05) is 19.5 Å². The summed E-state index contributed by atoms with van der Waals surface area (Å²) in [6.45, 7) is 5.53. The van der Waals surface area contributed by atoms with Crippen LogP contribution >= 0.6 is 0 Å². The second kappa shape index (κ2) is 9.03. The summed E-state index contributed by atoms with van der Waals surface area (Å²) in [7, 11) is 2.47. The molecule has 0 aromatic heterocycles. The molecule has 0 aliphatic carbocycles. The Kier molecular flexibility index (Phi) is 6.76. The molecular weight excluding hydrogens is 362 g/mol. The van der Waals surface area contributed by atoms with Gasteiger partial charge in [-0.15, -0.1) is 0 Å². The average Bonchev–Trinajstić information content (AvgIpc) is 2.69. The summed E-state index contributed by atoms with van der Waals surface area (Å²) in [6.07, 6.45) is -0.839. The highest BCUT2D eigenvalue weighted by atomic mass is 16.5. The Morgan fingerprint density at radius 3 is 2.18 bits per heavy atom. The van der Waals surface area contributed by atoms with Gasteiger partial charge in [-0.3, -0.25) is 4.79 Å². The van der Waals surface area contributed by atoms with E-state index in [0.29, 0.717) is 5.75 Å². The molecular formula is C21H23NO6. The lowest BCUT2D eigenvalue weighted by Gasteiger charge is -2.17. The van der Waals surface area contributed by atoms with Crippen molar-refractivity contribution in [2.45, 2.75) is 26.9 Å². The number of carbonyl (C=O) groups excluding carboxylic acids is 3. The first-order chi connectivity index (χ1) is 13.3. The van der Waals surface area contributed by atoms with Crippen LogP contribution in [-0.2, 0) is 14.3 Å². The highest BCUT2D eigenvalue weighted by Gasteiger charge is 2.21. The van der Waals surface area contributed by atoms with Gasteiger partial charge in [-0.25, -0.2) is 9.59 Å². The maximum atomic E-state index is 12.6. The van der Waals surface area contributed by atoms with Gasteiger partial charge in [-0.2, -0.15) is 0 Å². The van der Waals surface area contributed by atoms with Crippen LogP contribution in [0.15, 0.2) is 36.4 Å². The van der Waals surface area contributed by atoms with E-state index >= 15 is 0 Å². The molecule has 0 saturated carbocycles. The summed E-state index contributed by atoms with van der Waals surface area (Å²) in [5, 5.41) is 2.62. The summed E-state index contributed by atoms with van der Waals surface area (Å²) >= 11 is 0. The Bertz CT molecular complexity index is 906. The molecule has 1 atom stereocenters. The first-order valence-electron chi connectivity index (χ1n) is 8.62. The van der Waals surface area contributed by atoms with Gasteiger partial charge in [-0.05, 0) is 62.2 Å². The monoisotopic (exact) mass is 385 g/mol. The molecule has 148 valence electrons. The molecule has 0 unspecified atom stereocenters. The van der Waals surface area contributed by atoms with Crippen LogP contribution in [0.4, 0.5) is 5.69 Å². The molecule has 2 aromatic rings. The zero-order valence-corrected chi connectivity index (χ0v) is 16.5. The van der Waals surface area contributed by atoms with Crippen molar-refractivity contribution in [2.24, 2.45) is 0 Å². The average molecular weight is 385 g/mol. The molecule has 2 aromatic carbocycles. The van der Waals surface area contributed by atoms with E-state index in [1.54, 1.807) is 13.0 Å². The quantitative estimate of drug-likeness (QED) is 0.768. The van der Waals surface area contributed by atoms with Gasteiger partial charge >= 0.3 is 11.9 Å². The van der Waals surface area contributed by atoms with Crippen molar-refractivity contribution in [3.05, 3.63) is 58.7 Å². The highest BCUT2D eigenvalue weighted by molar-refractivity contribution is 6.04. The van der Waals surface area contributed by atoms with Gasteiger partial charge in [0.25, 0.3) is 5.91 Å². The number of ether oxygens (including phenoxy) is 3. The molecule has 0 aliphatic rings. The van der Waals surface area contributed by atoms with Gasteiger partial charge in [0.05, 0.1) is 31.0 Å². The van der Waals surface area contributed by atoms with Crippen LogP contribution in [0.5, 0.6) is 5.75 Å². The molecule has 0 radical (unpaired) electrons. The molecule has 0 saturated heterocycles. The van der Waals surface area contributed by atoms with Gasteiger partial charge in [-0.1, -0.05) is 6.07 Å². The van der Waals surface area contributed by atoms with Crippen LogP contribution in [0.3, 0.4) is 0 Å². The van der Waals surface area contributed by atoms with E-state index in [0.717, 1.165) is 11.1 Å². The maximum Gasteiger partial charge on any atom is 0.339 e. The second-order valence-corrected chi connectivity index (χ2v) is 6.24. The Balaban J connectivity index is 2.23. The number of methoxy groups -OCH3 is 2. The van der Waals surface area contributed by atoms with E-state index in [9.17, 15) is 14.4 Å². The minimum absolute atomic E-state index is 0.113. The third-order valence-electron chi connectivity index (χ3n) is 4.26. The summed E-state index contributed by atoms with van der Waals surface area (Å²) in [5.74, 6) is -1.16. The predicted molar refractivity (Wildman–Crippen MR) is 104 cm³/mol. The standard InChI is InChI=1S/C21H23NO6/c1-12-6-8-16(10-13(12)2)28-14(3)19(23)22-18-11-15(20(24)26-4)7-9-17(18)21(25)27-5/h6-11,14H,1-5H3,(H,22,23)/t14-/m1/s1. The third-order valence-corrected chi connectivity index (χ3v) is 4.26. The van der Waals surface area contributed by atoms with E-state index in [4.69, 9.17) is 9.47 Å². The van der Waals surface area contributed by atoms with Crippen LogP contribution in [0.2, 0.25) is 0 Å². The lowest BCUT2D eigenvalue weighted by atomic mass is 10.1. The van der Waals surface area contributed by atoms with E-state index in [-0.39, 0.29) is 16.8 Å². The molecule has 0 bridgehead atoms. The number of benzene rings is 2. The van der Waals surface area contributed by atoms with Gasteiger partial charge in [0.2, 0.25) is 0 Å². The molecule has 7 heteroatoms. The number of hydrogen-bond donors (Lipinski definition) is 1. The number of carbonyl (C=O) groups is 3. The molecule has 28 heavy (non-hydrogen) atoms. The van der Waals surface area contributed by atoms with Crippen LogP contribution in [0.25, 0.3) is 0 Å². The molecule has 1 N–H and O–H groups in total. The Hall–Kier alpha value is -3.35. The fourth-order valence-corrected chi connectivity index (χ4v) is 2.46. The van der Waals surface area contributed by atoms with Crippen molar-refractivity contribution < 1.29 is 28.6 Å². The number of anilines is 1. The zero-order chi connectivity index (χ0) is 20.8. The summed E-state index contributed by atoms with van der Waals surface area (Å²) < 4.78 is 15.1. The van der Waals surface area contributed by atoms with E-state index in [1.807, 2.05) is 26.0 Å². The largest absolute Gasteiger partial charge is 0.481 e. The van der Waals surface area contributed by atoms with Gasteiger partial charge < -0.3 is 19.5 Å². The van der Waals surface area contributed by atoms with Crippen molar-refractivity contribution >= 4 is 23.5 Å². The van der Waals surface area contributed by atoms with Crippen molar-refractivity contribution in [3.63, 3.8) is 0 Å². The summed E-state index contributed by atoms with van der Waals surface area (Å²) in [6, 6.07) is 9.70. The smallest absolute Gasteiger partial charge is 0.339 e. The Morgan fingerprint density at radius 2 is 1.57 bits per heavy atom. The highest BCUT2D eigenvalue weighted by Crippen LogP contribution is 2.22. The van der Waals surface area contributed by atoms with Crippen molar-refractivity contribution in [1.82, 2.24) is 0 Å². The first kappa shape index (κ1) is 21.0. The number of hydrogen-bond acceptors (Lipinski definition) is 6. The fourth-order valence-electron chi connectivity index (χ4n) is 2.46. The second-order valence-electron chi connectivity index (χ2n) is 6.24. The van der Waals surface area contributed by atoms with Gasteiger partial charge in [0, 0.05) is 0 Å². The Labute approximate surface area is 163 Å². The molecule has 1 amide bonds. The number of aryl methyl sites for hydroxylation is 2. The van der Waals surface area contributed by atoms with Gasteiger partial charge in [0.15, 0.2) is 6.10 Å². The minimum Gasteiger partial charge on any atom is -0.481 e. The predicted octanol–water partition coefficient (Wildman–Crippen LogP) is 3.28. The summed E-state index contributed by atoms with van der Waals surface area (Å²) in [5.41, 5.74) is 2.60. The number of rotatable bonds is 6. The number of nitrogens with one attached hydrogen (secondary N) is 1. The van der Waals surface area contributed by atoms with E-state index in [1.165, 1.54) is 32.4 Å². The Morgan fingerprint density at radius 1 is 0.893 bits per heavy atom.